The normalized spacial score (nSPS) is 16.4. The molecule has 1 aliphatic heterocycles. The molecule has 1 fully saturated rings. The first-order valence-electron chi connectivity index (χ1n) is 10.1. The van der Waals surface area contributed by atoms with Crippen LogP contribution in [0.25, 0.3) is 0 Å². The molecule has 1 unspecified atom stereocenters. The number of rotatable bonds is 6. The molecule has 1 amide bonds. The zero-order valence-electron chi connectivity index (χ0n) is 17.5. The van der Waals surface area contributed by atoms with Gasteiger partial charge in [0.15, 0.2) is 11.6 Å². The van der Waals surface area contributed by atoms with Crippen molar-refractivity contribution in [2.45, 2.75) is 52.6 Å². The van der Waals surface area contributed by atoms with E-state index in [1.54, 1.807) is 12.1 Å². The highest BCUT2D eigenvalue weighted by molar-refractivity contribution is 6.05. The lowest BCUT2D eigenvalue weighted by Crippen LogP contribution is -2.49. The molecular weight excluding hydrogens is 366 g/mol. The van der Waals surface area contributed by atoms with Gasteiger partial charge in [-0.2, -0.15) is 0 Å². The Morgan fingerprint density at radius 3 is 2.28 bits per heavy atom. The molecule has 1 atom stereocenters. The number of piperidine rings is 1. The van der Waals surface area contributed by atoms with Crippen LogP contribution in [0.1, 0.15) is 69.2 Å². The first kappa shape index (κ1) is 21.0. The predicted molar refractivity (Wildman–Crippen MR) is 113 cm³/mol. The minimum Gasteiger partial charge on any atom is -0.355 e. The minimum atomic E-state index is -0.280. The highest BCUT2D eigenvalue weighted by atomic mass is 16.2. The molecule has 0 radical (unpaired) electrons. The van der Waals surface area contributed by atoms with Crippen LogP contribution < -0.4 is 5.32 Å². The van der Waals surface area contributed by atoms with Crippen molar-refractivity contribution in [1.82, 2.24) is 15.2 Å². The van der Waals surface area contributed by atoms with Gasteiger partial charge in [-0.1, -0.05) is 18.2 Å². The van der Waals surface area contributed by atoms with Crippen LogP contribution in [0, 0.1) is 13.8 Å². The van der Waals surface area contributed by atoms with Gasteiger partial charge in [-0.15, -0.1) is 0 Å². The number of aromatic nitrogens is 1. The number of H-pyrrole nitrogens is 1. The number of Topliss-reactive ketones (excluding diaryl/α,β-unsaturated/α-hetero) is 2. The van der Waals surface area contributed by atoms with E-state index in [1.807, 2.05) is 39.0 Å². The Morgan fingerprint density at radius 1 is 1.10 bits per heavy atom. The Hall–Kier alpha value is -2.73. The topological polar surface area (TPSA) is 82.3 Å². The van der Waals surface area contributed by atoms with Crippen molar-refractivity contribution in [3.05, 3.63) is 58.4 Å². The van der Waals surface area contributed by atoms with Crippen molar-refractivity contribution in [2.75, 3.05) is 13.1 Å². The summed E-state index contributed by atoms with van der Waals surface area (Å²) in [6.45, 7) is 8.57. The SMILES string of the molecule is CC(=O)c1c(C)[nH]c(C(=O)C(C)N2CCC(NC(=O)c3ccccc3)CC2)c1C. The second-order valence-corrected chi connectivity index (χ2v) is 7.87. The summed E-state index contributed by atoms with van der Waals surface area (Å²) in [5.41, 5.74) is 3.28. The van der Waals surface area contributed by atoms with Crippen LogP contribution in [-0.2, 0) is 0 Å². The number of carbonyl (C=O) groups is 3. The van der Waals surface area contributed by atoms with Crippen molar-refractivity contribution >= 4 is 17.5 Å². The molecule has 2 N–H and O–H groups in total. The van der Waals surface area contributed by atoms with E-state index >= 15 is 0 Å². The number of hydrogen-bond acceptors (Lipinski definition) is 4. The molecule has 1 aliphatic rings. The lowest BCUT2D eigenvalue weighted by atomic mass is 9.99. The molecule has 2 aromatic rings. The number of hydrogen-bond donors (Lipinski definition) is 2. The number of carbonyl (C=O) groups excluding carboxylic acids is 3. The van der Waals surface area contributed by atoms with Gasteiger partial charge >= 0.3 is 0 Å². The number of nitrogens with one attached hydrogen (secondary N) is 2. The zero-order chi connectivity index (χ0) is 21.1. The summed E-state index contributed by atoms with van der Waals surface area (Å²) in [6.07, 6.45) is 1.61. The molecule has 0 aliphatic carbocycles. The Kier molecular flexibility index (Phi) is 6.33. The molecule has 0 spiro atoms. The smallest absolute Gasteiger partial charge is 0.251 e. The maximum Gasteiger partial charge on any atom is 0.251 e. The zero-order valence-corrected chi connectivity index (χ0v) is 17.5. The standard InChI is InChI=1S/C23H29N3O3/c1-14-20(17(4)27)15(2)24-21(14)22(28)16(3)26-12-10-19(11-13-26)25-23(29)18-8-6-5-7-9-18/h5-9,16,19,24H,10-13H2,1-4H3,(H,25,29). The van der Waals surface area contributed by atoms with Crippen LogP contribution in [0.5, 0.6) is 0 Å². The number of aromatic amines is 1. The average molecular weight is 396 g/mol. The van der Waals surface area contributed by atoms with Crippen molar-refractivity contribution in [3.63, 3.8) is 0 Å². The van der Waals surface area contributed by atoms with Gasteiger partial charge in [0.25, 0.3) is 5.91 Å². The van der Waals surface area contributed by atoms with Gasteiger partial charge in [-0.05, 0) is 58.2 Å². The van der Waals surface area contributed by atoms with E-state index in [0.29, 0.717) is 16.8 Å². The minimum absolute atomic E-state index is 0.00451. The van der Waals surface area contributed by atoms with Crippen LogP contribution in [0.15, 0.2) is 30.3 Å². The van der Waals surface area contributed by atoms with Crippen LogP contribution in [0.2, 0.25) is 0 Å². The molecule has 1 aromatic heterocycles. The summed E-state index contributed by atoms with van der Waals surface area (Å²) in [6, 6.07) is 9.04. The third-order valence-corrected chi connectivity index (χ3v) is 5.86. The van der Waals surface area contributed by atoms with E-state index in [1.165, 1.54) is 6.92 Å². The van der Waals surface area contributed by atoms with Crippen LogP contribution in [0.3, 0.4) is 0 Å². The molecule has 29 heavy (non-hydrogen) atoms. The Balaban J connectivity index is 1.59. The third-order valence-electron chi connectivity index (χ3n) is 5.86. The fourth-order valence-corrected chi connectivity index (χ4v) is 4.19. The van der Waals surface area contributed by atoms with E-state index in [9.17, 15) is 14.4 Å². The first-order valence-corrected chi connectivity index (χ1v) is 10.1. The van der Waals surface area contributed by atoms with Gasteiger partial charge < -0.3 is 10.3 Å². The second kappa shape index (κ2) is 8.74. The molecule has 154 valence electrons. The van der Waals surface area contributed by atoms with Crippen molar-refractivity contribution in [3.8, 4) is 0 Å². The van der Waals surface area contributed by atoms with E-state index < -0.39 is 0 Å². The molecular formula is C23H29N3O3. The Morgan fingerprint density at radius 2 is 1.72 bits per heavy atom. The van der Waals surface area contributed by atoms with Gasteiger partial charge in [0.05, 0.1) is 11.7 Å². The summed E-state index contributed by atoms with van der Waals surface area (Å²) in [5, 5.41) is 3.09. The number of nitrogens with zero attached hydrogens (tertiary/aromatic N) is 1. The van der Waals surface area contributed by atoms with E-state index in [4.69, 9.17) is 0 Å². The molecule has 1 saturated heterocycles. The first-order chi connectivity index (χ1) is 13.8. The molecule has 2 heterocycles. The summed E-state index contributed by atoms with van der Waals surface area (Å²) in [4.78, 5) is 42.5. The maximum atomic E-state index is 13.0. The summed E-state index contributed by atoms with van der Waals surface area (Å²) >= 11 is 0. The van der Waals surface area contributed by atoms with Crippen LogP contribution >= 0.6 is 0 Å². The van der Waals surface area contributed by atoms with Gasteiger partial charge in [-0.25, -0.2) is 0 Å². The van der Waals surface area contributed by atoms with Crippen molar-refractivity contribution < 1.29 is 14.4 Å². The predicted octanol–water partition coefficient (Wildman–Crippen LogP) is 3.30. The Bertz CT molecular complexity index is 909. The number of amides is 1. The highest BCUT2D eigenvalue weighted by Gasteiger charge is 2.30. The van der Waals surface area contributed by atoms with Crippen molar-refractivity contribution in [2.24, 2.45) is 0 Å². The number of benzene rings is 1. The van der Waals surface area contributed by atoms with Gasteiger partial charge in [-0.3, -0.25) is 19.3 Å². The largest absolute Gasteiger partial charge is 0.355 e. The fourth-order valence-electron chi connectivity index (χ4n) is 4.19. The van der Waals surface area contributed by atoms with Gasteiger partial charge in [0, 0.05) is 36.0 Å². The second-order valence-electron chi connectivity index (χ2n) is 7.87. The van der Waals surface area contributed by atoms with Crippen LogP contribution in [-0.4, -0.2) is 52.5 Å². The number of ketones is 2. The highest BCUT2D eigenvalue weighted by Crippen LogP contribution is 2.22. The molecule has 0 saturated carbocycles. The van der Waals surface area contributed by atoms with Crippen LogP contribution in [0.4, 0.5) is 0 Å². The average Bonchev–Trinajstić information content (AvgIpc) is 3.02. The monoisotopic (exact) mass is 395 g/mol. The third kappa shape index (κ3) is 4.48. The molecule has 0 bridgehead atoms. The number of likely N-dealkylation sites (tertiary alicyclic amines) is 1. The summed E-state index contributed by atoms with van der Waals surface area (Å²) in [5.74, 6) is -0.0785. The summed E-state index contributed by atoms with van der Waals surface area (Å²) in [7, 11) is 0. The Labute approximate surface area is 171 Å². The van der Waals surface area contributed by atoms with E-state index in [2.05, 4.69) is 15.2 Å². The summed E-state index contributed by atoms with van der Waals surface area (Å²) < 4.78 is 0. The van der Waals surface area contributed by atoms with E-state index in [0.717, 1.165) is 37.2 Å². The lowest BCUT2D eigenvalue weighted by molar-refractivity contribution is 0.0757. The maximum absolute atomic E-state index is 13.0. The van der Waals surface area contributed by atoms with Gasteiger partial charge in [0.2, 0.25) is 0 Å². The number of aryl methyl sites for hydroxylation is 1. The molecule has 1 aromatic carbocycles. The fraction of sp³-hybridized carbons (Fsp3) is 0.435. The van der Waals surface area contributed by atoms with Crippen molar-refractivity contribution in [1.29, 1.82) is 0 Å². The molecule has 6 heteroatoms. The quantitative estimate of drug-likeness (QED) is 0.735. The molecule has 6 nitrogen and oxygen atoms in total. The molecule has 3 rings (SSSR count). The van der Waals surface area contributed by atoms with E-state index in [-0.39, 0.29) is 29.6 Å². The lowest BCUT2D eigenvalue weighted by Gasteiger charge is -2.35. The van der Waals surface area contributed by atoms with Gasteiger partial charge in [0.1, 0.15) is 0 Å².